The van der Waals surface area contributed by atoms with Crippen LogP contribution in [0, 0.1) is 0 Å². The average molecular weight is 592 g/mol. The van der Waals surface area contributed by atoms with Crippen LogP contribution in [0.2, 0.25) is 5.02 Å². The normalized spacial score (nSPS) is 19.4. The van der Waals surface area contributed by atoms with Gasteiger partial charge in [-0.3, -0.25) is 9.69 Å². The van der Waals surface area contributed by atoms with Crippen LogP contribution in [0.15, 0.2) is 41.3 Å². The maximum atomic E-state index is 13.0. The number of piperazine rings is 1. The summed E-state index contributed by atoms with van der Waals surface area (Å²) in [5, 5.41) is 4.48. The highest BCUT2D eigenvalue weighted by atomic mass is 35.5. The molecule has 210 valence electrons. The number of aromatic nitrogens is 1. The molecule has 2 aliphatic heterocycles. The maximum Gasteiger partial charge on any atom is 0.251 e. The van der Waals surface area contributed by atoms with E-state index in [1.54, 1.807) is 34.9 Å². The zero-order valence-electron chi connectivity index (χ0n) is 22.2. The van der Waals surface area contributed by atoms with Gasteiger partial charge in [-0.15, -0.1) is 0 Å². The van der Waals surface area contributed by atoms with E-state index in [0.29, 0.717) is 29.4 Å². The smallest absolute Gasteiger partial charge is 0.251 e. The molecule has 0 bridgehead atoms. The first-order valence-corrected chi connectivity index (χ1v) is 15.9. The predicted molar refractivity (Wildman–Crippen MR) is 156 cm³/mol. The third-order valence-electron chi connectivity index (χ3n) is 7.48. The summed E-state index contributed by atoms with van der Waals surface area (Å²) in [7, 11) is -1.94. The molecular weight excluding hydrogens is 558 g/mol. The number of nitrogens with one attached hydrogen (secondary N) is 1. The number of sulfonamides is 1. The fourth-order valence-corrected chi connectivity index (χ4v) is 8.14. The number of halogens is 1. The number of ether oxygens (including phenoxy) is 1. The van der Waals surface area contributed by atoms with Crippen LogP contribution in [-0.4, -0.2) is 87.5 Å². The monoisotopic (exact) mass is 591 g/mol. The van der Waals surface area contributed by atoms with Gasteiger partial charge in [-0.05, 0) is 56.2 Å². The second-order valence-electron chi connectivity index (χ2n) is 9.99. The minimum atomic E-state index is -3.55. The fourth-order valence-electron chi connectivity index (χ4n) is 5.20. The van der Waals surface area contributed by atoms with E-state index in [2.05, 4.69) is 15.1 Å². The zero-order chi connectivity index (χ0) is 27.6. The summed E-state index contributed by atoms with van der Waals surface area (Å²) in [6.07, 6.45) is 2.81. The third kappa shape index (κ3) is 6.02. The van der Waals surface area contributed by atoms with E-state index in [1.807, 2.05) is 19.1 Å². The molecule has 1 atom stereocenters. The fraction of sp³-hybridized carbons (Fsp3) is 0.481. The van der Waals surface area contributed by atoms with Gasteiger partial charge in [-0.25, -0.2) is 13.4 Å². The van der Waals surface area contributed by atoms with Crippen molar-refractivity contribution in [1.29, 1.82) is 0 Å². The van der Waals surface area contributed by atoms with Crippen molar-refractivity contribution in [3.63, 3.8) is 0 Å². The van der Waals surface area contributed by atoms with Crippen LogP contribution in [0.4, 0.5) is 5.13 Å². The third-order valence-corrected chi connectivity index (χ3v) is 10.9. The summed E-state index contributed by atoms with van der Waals surface area (Å²) in [6.45, 7) is 7.17. The SMILES string of the molecule is COc1c(Cl)ccc2sc(N3CCN(CCNC(=O)c4ccc(S(=O)(=O)N5CCCCC5C)cc4)CC3)nc12. The van der Waals surface area contributed by atoms with Gasteiger partial charge >= 0.3 is 0 Å². The standard InChI is InChI=1S/C27H34ClN5O4S2/c1-19-5-3-4-13-33(19)39(35,36)21-8-6-20(7-9-21)26(34)29-12-14-31-15-17-32(18-16-31)27-30-24-23(38-27)11-10-22(28)25(24)37-2/h6-11,19H,3-5,12-18H2,1-2H3,(H,29,34). The lowest BCUT2D eigenvalue weighted by Crippen LogP contribution is -2.48. The molecule has 39 heavy (non-hydrogen) atoms. The number of methoxy groups -OCH3 is 1. The van der Waals surface area contributed by atoms with E-state index in [-0.39, 0.29) is 16.8 Å². The van der Waals surface area contributed by atoms with Gasteiger partial charge in [0.25, 0.3) is 5.91 Å². The lowest BCUT2D eigenvalue weighted by molar-refractivity contribution is 0.0947. The molecule has 0 radical (unpaired) electrons. The van der Waals surface area contributed by atoms with E-state index >= 15 is 0 Å². The number of carbonyl (C=O) groups is 1. The summed E-state index contributed by atoms with van der Waals surface area (Å²) < 4.78 is 34.1. The summed E-state index contributed by atoms with van der Waals surface area (Å²) in [5.74, 6) is 0.407. The van der Waals surface area contributed by atoms with Crippen molar-refractivity contribution in [3.8, 4) is 5.75 Å². The van der Waals surface area contributed by atoms with Gasteiger partial charge in [0.2, 0.25) is 10.0 Å². The minimum Gasteiger partial charge on any atom is -0.493 e. The Bertz CT molecular complexity index is 1420. The molecule has 9 nitrogen and oxygen atoms in total. The molecule has 0 aliphatic carbocycles. The minimum absolute atomic E-state index is 0.00240. The van der Waals surface area contributed by atoms with Crippen molar-refractivity contribution >= 4 is 54.2 Å². The van der Waals surface area contributed by atoms with Gasteiger partial charge in [0.1, 0.15) is 5.52 Å². The van der Waals surface area contributed by atoms with Gasteiger partial charge in [0, 0.05) is 57.4 Å². The number of hydrogen-bond donors (Lipinski definition) is 1. The first-order chi connectivity index (χ1) is 18.8. The number of amides is 1. The number of benzene rings is 2. The van der Waals surface area contributed by atoms with E-state index < -0.39 is 10.0 Å². The first-order valence-electron chi connectivity index (χ1n) is 13.3. The Morgan fingerprint density at radius 2 is 1.85 bits per heavy atom. The summed E-state index contributed by atoms with van der Waals surface area (Å²) >= 11 is 7.88. The Kier molecular flexibility index (Phi) is 8.63. The molecule has 2 saturated heterocycles. The zero-order valence-corrected chi connectivity index (χ0v) is 24.6. The van der Waals surface area contributed by atoms with E-state index in [1.165, 1.54) is 12.1 Å². The molecule has 3 aromatic rings. The Hall–Kier alpha value is -2.44. The Labute approximate surface area is 238 Å². The largest absolute Gasteiger partial charge is 0.493 e. The van der Waals surface area contributed by atoms with Crippen LogP contribution in [0.1, 0.15) is 36.5 Å². The van der Waals surface area contributed by atoms with Crippen LogP contribution in [0.3, 0.4) is 0 Å². The summed E-state index contributed by atoms with van der Waals surface area (Å²) in [6, 6.07) is 10.1. The molecule has 0 saturated carbocycles. The molecule has 2 aromatic carbocycles. The van der Waals surface area contributed by atoms with Crippen molar-refractivity contribution in [3.05, 3.63) is 47.0 Å². The first kappa shape index (κ1) is 28.1. The van der Waals surface area contributed by atoms with Crippen molar-refractivity contribution in [2.45, 2.75) is 37.1 Å². The van der Waals surface area contributed by atoms with E-state index in [9.17, 15) is 13.2 Å². The molecular formula is C27H34ClN5O4S2. The highest BCUT2D eigenvalue weighted by Gasteiger charge is 2.31. The van der Waals surface area contributed by atoms with Gasteiger partial charge in [-0.2, -0.15) is 4.31 Å². The molecule has 12 heteroatoms. The van der Waals surface area contributed by atoms with Crippen LogP contribution in [-0.2, 0) is 10.0 Å². The van der Waals surface area contributed by atoms with Gasteiger partial charge in [0.05, 0.1) is 21.7 Å². The molecule has 1 aromatic heterocycles. The van der Waals surface area contributed by atoms with Crippen molar-refractivity contribution in [1.82, 2.24) is 19.5 Å². The highest BCUT2D eigenvalue weighted by molar-refractivity contribution is 7.89. The van der Waals surface area contributed by atoms with Gasteiger partial charge in [0.15, 0.2) is 10.9 Å². The highest BCUT2D eigenvalue weighted by Crippen LogP contribution is 2.38. The quantitative estimate of drug-likeness (QED) is 0.422. The molecule has 3 heterocycles. The lowest BCUT2D eigenvalue weighted by atomic mass is 10.1. The van der Waals surface area contributed by atoms with Crippen LogP contribution >= 0.6 is 22.9 Å². The number of thiazole rings is 1. The molecule has 1 amide bonds. The molecule has 2 fully saturated rings. The number of rotatable bonds is 8. The second-order valence-corrected chi connectivity index (χ2v) is 13.3. The average Bonchev–Trinajstić information content (AvgIpc) is 3.38. The number of anilines is 1. The number of fused-ring (bicyclic) bond motifs is 1. The number of carbonyl (C=O) groups excluding carboxylic acids is 1. The molecule has 1 unspecified atom stereocenters. The Morgan fingerprint density at radius 3 is 2.54 bits per heavy atom. The van der Waals surface area contributed by atoms with Crippen LogP contribution < -0.4 is 15.0 Å². The van der Waals surface area contributed by atoms with Crippen molar-refractivity contribution in [2.75, 3.05) is 57.8 Å². The van der Waals surface area contributed by atoms with Crippen LogP contribution in [0.25, 0.3) is 10.2 Å². The molecule has 1 N–H and O–H groups in total. The van der Waals surface area contributed by atoms with E-state index in [0.717, 1.165) is 67.3 Å². The van der Waals surface area contributed by atoms with Gasteiger partial charge in [-0.1, -0.05) is 29.4 Å². The molecule has 5 rings (SSSR count). The maximum absolute atomic E-state index is 13.0. The van der Waals surface area contributed by atoms with E-state index in [4.69, 9.17) is 21.3 Å². The number of piperidine rings is 1. The van der Waals surface area contributed by atoms with Crippen LogP contribution in [0.5, 0.6) is 5.75 Å². The second kappa shape index (κ2) is 12.0. The lowest BCUT2D eigenvalue weighted by Gasteiger charge is -2.34. The number of hydrogen-bond acceptors (Lipinski definition) is 8. The predicted octanol–water partition coefficient (Wildman–Crippen LogP) is 4.07. The van der Waals surface area contributed by atoms with Crippen molar-refractivity contribution < 1.29 is 17.9 Å². The van der Waals surface area contributed by atoms with Gasteiger partial charge < -0.3 is 15.0 Å². The number of nitrogens with zero attached hydrogens (tertiary/aromatic N) is 4. The summed E-state index contributed by atoms with van der Waals surface area (Å²) in [5.41, 5.74) is 1.25. The van der Waals surface area contributed by atoms with Crippen molar-refractivity contribution in [2.24, 2.45) is 0 Å². The molecule has 2 aliphatic rings. The topological polar surface area (TPSA) is 95.1 Å². The Balaban J connectivity index is 1.10. The molecule has 0 spiro atoms. The summed E-state index contributed by atoms with van der Waals surface area (Å²) in [4.78, 5) is 22.3. The Morgan fingerprint density at radius 1 is 1.10 bits per heavy atom.